The number of amides is 1. The van der Waals surface area contributed by atoms with E-state index >= 15 is 0 Å². The van der Waals surface area contributed by atoms with Gasteiger partial charge in [-0.25, -0.2) is 8.42 Å². The Kier molecular flexibility index (Phi) is 7.16. The van der Waals surface area contributed by atoms with Crippen molar-refractivity contribution in [3.05, 3.63) is 59.7 Å². The number of nitrogens with one attached hydrogen (secondary N) is 1. The molecule has 2 rings (SSSR count). The van der Waals surface area contributed by atoms with Crippen LogP contribution in [0.1, 0.15) is 37.9 Å². The summed E-state index contributed by atoms with van der Waals surface area (Å²) in [6.45, 7) is 6.68. The van der Waals surface area contributed by atoms with Crippen LogP contribution in [0.4, 0.5) is 5.69 Å². The van der Waals surface area contributed by atoms with Gasteiger partial charge in [0.1, 0.15) is 6.04 Å². The molecule has 0 aliphatic carbocycles. The van der Waals surface area contributed by atoms with Gasteiger partial charge in [-0.15, -0.1) is 0 Å². The molecule has 27 heavy (non-hydrogen) atoms. The smallest absolute Gasteiger partial charge is 0.279 e. The van der Waals surface area contributed by atoms with Gasteiger partial charge >= 0.3 is 0 Å². The van der Waals surface area contributed by atoms with E-state index in [2.05, 4.69) is 50.4 Å². The monoisotopic (exact) mass is 389 g/mol. The molecule has 3 N–H and O–H groups in total. The van der Waals surface area contributed by atoms with Crippen LogP contribution in [-0.4, -0.2) is 27.1 Å². The van der Waals surface area contributed by atoms with Crippen molar-refractivity contribution in [2.45, 2.75) is 38.1 Å². The number of quaternary nitrogens is 1. The lowest BCUT2D eigenvalue weighted by molar-refractivity contribution is -0.692. The van der Waals surface area contributed by atoms with Gasteiger partial charge in [0.25, 0.3) is 5.91 Å². The van der Waals surface area contributed by atoms with Crippen molar-refractivity contribution < 1.29 is 18.5 Å². The average Bonchev–Trinajstić information content (AvgIpc) is 2.61. The summed E-state index contributed by atoms with van der Waals surface area (Å²) in [4.78, 5) is 12.5. The molecule has 0 aliphatic heterocycles. The number of rotatable bonds is 8. The summed E-state index contributed by atoms with van der Waals surface area (Å²) in [6.07, 6.45) is 2.16. The van der Waals surface area contributed by atoms with Crippen LogP contribution in [0, 0.1) is 5.92 Å². The van der Waals surface area contributed by atoms with E-state index < -0.39 is 9.84 Å². The van der Waals surface area contributed by atoms with Crippen molar-refractivity contribution in [3.8, 4) is 0 Å². The average molecular weight is 390 g/mol. The highest BCUT2D eigenvalue weighted by Gasteiger charge is 2.20. The molecule has 0 unspecified atom stereocenters. The zero-order valence-electron chi connectivity index (χ0n) is 16.4. The Morgan fingerprint density at radius 1 is 1.11 bits per heavy atom. The third-order valence-corrected chi connectivity index (χ3v) is 5.70. The number of sulfone groups is 1. The summed E-state index contributed by atoms with van der Waals surface area (Å²) >= 11 is 0. The highest BCUT2D eigenvalue weighted by atomic mass is 32.2. The Hall–Kier alpha value is -2.18. The van der Waals surface area contributed by atoms with Gasteiger partial charge in [-0.05, 0) is 30.2 Å². The second-order valence-corrected chi connectivity index (χ2v) is 9.17. The molecule has 0 heterocycles. The van der Waals surface area contributed by atoms with Crippen molar-refractivity contribution >= 4 is 21.4 Å². The molecule has 5 nitrogen and oxygen atoms in total. The summed E-state index contributed by atoms with van der Waals surface area (Å²) in [5.74, 6) is 0.218. The van der Waals surface area contributed by atoms with Gasteiger partial charge < -0.3 is 10.6 Å². The van der Waals surface area contributed by atoms with Gasteiger partial charge in [0.2, 0.25) is 0 Å². The number of anilines is 1. The molecule has 1 atom stereocenters. The minimum absolute atomic E-state index is 0.156. The molecule has 2 aromatic rings. The van der Waals surface area contributed by atoms with Crippen LogP contribution in [0.5, 0.6) is 0 Å². The van der Waals surface area contributed by atoms with Gasteiger partial charge in [-0.2, -0.15) is 0 Å². The number of carbonyl (C=O) groups excluding carboxylic acids is 1. The number of hydrogen-bond acceptors (Lipinski definition) is 3. The van der Waals surface area contributed by atoms with Gasteiger partial charge in [0.15, 0.2) is 16.4 Å². The SMILES string of the molecule is CCc1ccc([C@@H]([NH2+]CC(=O)Nc2cccc(S(C)(=O)=O)c2)C(C)C)cc1. The largest absolute Gasteiger partial charge is 0.332 e. The Morgan fingerprint density at radius 3 is 2.33 bits per heavy atom. The molecule has 0 spiro atoms. The highest BCUT2D eigenvalue weighted by Crippen LogP contribution is 2.18. The van der Waals surface area contributed by atoms with Gasteiger partial charge in [-0.3, -0.25) is 4.79 Å². The van der Waals surface area contributed by atoms with Gasteiger partial charge in [0.05, 0.1) is 4.90 Å². The quantitative estimate of drug-likeness (QED) is 0.728. The third kappa shape index (κ3) is 6.19. The van der Waals surface area contributed by atoms with Crippen LogP contribution in [-0.2, 0) is 21.1 Å². The Balaban J connectivity index is 2.01. The number of nitrogens with two attached hydrogens (primary N) is 1. The predicted octanol–water partition coefficient (Wildman–Crippen LogP) is 2.55. The molecule has 2 aromatic carbocycles. The number of hydrogen-bond donors (Lipinski definition) is 2. The maximum atomic E-state index is 12.3. The first-order valence-electron chi connectivity index (χ1n) is 9.23. The maximum absolute atomic E-state index is 12.3. The topological polar surface area (TPSA) is 79.8 Å². The molecular formula is C21H29N2O3S+. The van der Waals surface area contributed by atoms with Crippen molar-refractivity contribution in [2.75, 3.05) is 18.1 Å². The van der Waals surface area contributed by atoms with E-state index in [1.807, 2.05) is 5.32 Å². The highest BCUT2D eigenvalue weighted by molar-refractivity contribution is 7.90. The van der Waals surface area contributed by atoms with Crippen LogP contribution in [0.15, 0.2) is 53.4 Å². The number of carbonyl (C=O) groups is 1. The summed E-state index contributed by atoms with van der Waals surface area (Å²) in [7, 11) is -3.30. The molecule has 1 amide bonds. The third-order valence-electron chi connectivity index (χ3n) is 4.59. The van der Waals surface area contributed by atoms with Crippen LogP contribution < -0.4 is 10.6 Å². The van der Waals surface area contributed by atoms with Gasteiger partial charge in [-0.1, -0.05) is 51.1 Å². The number of benzene rings is 2. The molecular weight excluding hydrogens is 360 g/mol. The van der Waals surface area contributed by atoms with E-state index in [4.69, 9.17) is 0 Å². The van der Waals surface area contributed by atoms with Crippen molar-refractivity contribution in [2.24, 2.45) is 5.92 Å². The fraction of sp³-hybridized carbons (Fsp3) is 0.381. The van der Waals surface area contributed by atoms with E-state index in [-0.39, 0.29) is 23.4 Å². The van der Waals surface area contributed by atoms with Crippen molar-refractivity contribution in [3.63, 3.8) is 0 Å². The molecule has 0 radical (unpaired) electrons. The number of aryl methyl sites for hydroxylation is 1. The fourth-order valence-corrected chi connectivity index (χ4v) is 3.69. The van der Waals surface area contributed by atoms with E-state index in [1.54, 1.807) is 12.1 Å². The summed E-state index contributed by atoms with van der Waals surface area (Å²) in [5, 5.41) is 4.81. The molecule has 0 fully saturated rings. The van der Waals surface area contributed by atoms with E-state index in [1.165, 1.54) is 23.3 Å². The Labute approximate surface area is 162 Å². The normalized spacial score (nSPS) is 12.8. The lowest BCUT2D eigenvalue weighted by Gasteiger charge is -2.20. The molecule has 146 valence electrons. The Bertz CT molecular complexity index is 875. The summed E-state index contributed by atoms with van der Waals surface area (Å²) in [5.41, 5.74) is 2.99. The predicted molar refractivity (Wildman–Crippen MR) is 108 cm³/mol. The zero-order chi connectivity index (χ0) is 20.0. The molecule has 0 saturated heterocycles. The first-order valence-corrected chi connectivity index (χ1v) is 11.1. The zero-order valence-corrected chi connectivity index (χ0v) is 17.2. The molecule has 0 aliphatic rings. The maximum Gasteiger partial charge on any atom is 0.279 e. The standard InChI is InChI=1S/C21H28N2O3S/c1-5-16-9-11-17(12-10-16)21(15(2)3)22-14-20(24)23-18-7-6-8-19(13-18)27(4,25)26/h6-13,15,21-22H,5,14H2,1-4H3,(H,23,24)/p+1/t21-/m0/s1. The van der Waals surface area contributed by atoms with Crippen LogP contribution >= 0.6 is 0 Å². The van der Waals surface area contributed by atoms with Crippen LogP contribution in [0.3, 0.4) is 0 Å². The lowest BCUT2D eigenvalue weighted by Crippen LogP contribution is -2.88. The first kappa shape index (κ1) is 21.1. The second-order valence-electron chi connectivity index (χ2n) is 7.15. The van der Waals surface area contributed by atoms with Crippen molar-refractivity contribution in [1.82, 2.24) is 0 Å². The van der Waals surface area contributed by atoms with E-state index in [0.29, 0.717) is 11.6 Å². The minimum Gasteiger partial charge on any atom is -0.332 e. The molecule has 0 saturated carbocycles. The van der Waals surface area contributed by atoms with Crippen LogP contribution in [0.25, 0.3) is 0 Å². The summed E-state index contributed by atoms with van der Waals surface area (Å²) < 4.78 is 23.3. The van der Waals surface area contributed by atoms with E-state index in [0.717, 1.165) is 12.7 Å². The van der Waals surface area contributed by atoms with E-state index in [9.17, 15) is 13.2 Å². The fourth-order valence-electron chi connectivity index (χ4n) is 3.02. The second kappa shape index (κ2) is 9.15. The minimum atomic E-state index is -3.30. The molecule has 0 bridgehead atoms. The van der Waals surface area contributed by atoms with Crippen LogP contribution in [0.2, 0.25) is 0 Å². The molecule has 0 aromatic heterocycles. The van der Waals surface area contributed by atoms with Crippen molar-refractivity contribution in [1.29, 1.82) is 0 Å². The summed E-state index contributed by atoms with van der Waals surface area (Å²) in [6, 6.07) is 15.0. The Morgan fingerprint density at radius 2 is 1.78 bits per heavy atom. The first-order chi connectivity index (χ1) is 12.7. The van der Waals surface area contributed by atoms with Gasteiger partial charge in [0, 0.05) is 23.4 Å². The molecule has 6 heteroatoms. The lowest BCUT2D eigenvalue weighted by atomic mass is 9.95.